The van der Waals surface area contributed by atoms with Gasteiger partial charge in [0.2, 0.25) is 0 Å². The molecule has 0 saturated heterocycles. The maximum absolute atomic E-state index is 13.8. The van der Waals surface area contributed by atoms with Gasteiger partial charge in [0, 0.05) is 10.0 Å². The molecule has 0 fully saturated rings. The summed E-state index contributed by atoms with van der Waals surface area (Å²) in [4.78, 5) is 10.1. The SMILES string of the molecule is Cc1cc(Oc2ccc(C#N)c(Br)c2)c(F)cc1[N+](=O)[O-]. The van der Waals surface area contributed by atoms with E-state index in [0.717, 1.165) is 6.07 Å². The highest BCUT2D eigenvalue weighted by molar-refractivity contribution is 9.10. The molecule has 21 heavy (non-hydrogen) atoms. The summed E-state index contributed by atoms with van der Waals surface area (Å²) >= 11 is 3.20. The van der Waals surface area contributed by atoms with Crippen molar-refractivity contribution in [2.75, 3.05) is 0 Å². The Labute approximate surface area is 127 Å². The van der Waals surface area contributed by atoms with Crippen LogP contribution in [0.25, 0.3) is 0 Å². The van der Waals surface area contributed by atoms with Crippen LogP contribution in [0, 0.1) is 34.2 Å². The predicted molar refractivity (Wildman–Crippen MR) is 76.7 cm³/mol. The molecule has 0 heterocycles. The molecule has 7 heteroatoms. The normalized spacial score (nSPS) is 10.0. The van der Waals surface area contributed by atoms with Crippen LogP contribution in [0.1, 0.15) is 11.1 Å². The second kappa shape index (κ2) is 5.89. The second-order valence-electron chi connectivity index (χ2n) is 4.18. The molecule has 0 radical (unpaired) electrons. The molecule has 0 aromatic heterocycles. The van der Waals surface area contributed by atoms with Crippen LogP contribution >= 0.6 is 15.9 Å². The predicted octanol–water partition coefficient (Wildman–Crippen LogP) is 4.47. The van der Waals surface area contributed by atoms with Gasteiger partial charge in [-0.2, -0.15) is 5.26 Å². The van der Waals surface area contributed by atoms with Gasteiger partial charge in [-0.15, -0.1) is 0 Å². The van der Waals surface area contributed by atoms with Gasteiger partial charge in [-0.1, -0.05) is 0 Å². The van der Waals surface area contributed by atoms with Gasteiger partial charge in [-0.3, -0.25) is 10.1 Å². The Morgan fingerprint density at radius 2 is 2.10 bits per heavy atom. The van der Waals surface area contributed by atoms with Crippen LogP contribution in [0.15, 0.2) is 34.8 Å². The smallest absolute Gasteiger partial charge is 0.275 e. The van der Waals surface area contributed by atoms with E-state index in [2.05, 4.69) is 15.9 Å². The summed E-state index contributed by atoms with van der Waals surface area (Å²) in [5.41, 5.74) is 0.410. The minimum absolute atomic E-state index is 0.116. The fourth-order valence-electron chi connectivity index (χ4n) is 1.70. The highest BCUT2D eigenvalue weighted by Crippen LogP contribution is 2.32. The van der Waals surface area contributed by atoms with E-state index in [9.17, 15) is 14.5 Å². The van der Waals surface area contributed by atoms with Crippen LogP contribution in [-0.2, 0) is 0 Å². The summed E-state index contributed by atoms with van der Waals surface area (Å²) < 4.78 is 19.7. The van der Waals surface area contributed by atoms with Gasteiger partial charge in [-0.05, 0) is 47.1 Å². The third-order valence-corrected chi connectivity index (χ3v) is 3.39. The fourth-order valence-corrected chi connectivity index (χ4v) is 2.14. The van der Waals surface area contributed by atoms with Crippen molar-refractivity contribution in [3.05, 3.63) is 61.9 Å². The monoisotopic (exact) mass is 350 g/mol. The van der Waals surface area contributed by atoms with Gasteiger partial charge in [0.25, 0.3) is 5.69 Å². The maximum Gasteiger partial charge on any atom is 0.275 e. The zero-order chi connectivity index (χ0) is 15.6. The summed E-state index contributed by atoms with van der Waals surface area (Å²) in [5, 5.41) is 19.5. The first-order valence-corrected chi connectivity index (χ1v) is 6.53. The average molecular weight is 351 g/mol. The molecule has 0 aliphatic heterocycles. The summed E-state index contributed by atoms with van der Waals surface area (Å²) in [6.45, 7) is 1.50. The van der Waals surface area contributed by atoms with E-state index in [0.29, 0.717) is 21.3 Å². The molecule has 2 rings (SSSR count). The fraction of sp³-hybridized carbons (Fsp3) is 0.0714. The first-order chi connectivity index (χ1) is 9.92. The molecule has 0 atom stereocenters. The van der Waals surface area contributed by atoms with Crippen molar-refractivity contribution in [1.29, 1.82) is 5.26 Å². The van der Waals surface area contributed by atoms with Gasteiger partial charge in [0.05, 0.1) is 16.6 Å². The number of aryl methyl sites for hydroxylation is 1. The average Bonchev–Trinajstić information content (AvgIpc) is 2.42. The zero-order valence-corrected chi connectivity index (χ0v) is 12.3. The minimum Gasteiger partial charge on any atom is -0.454 e. The third-order valence-electron chi connectivity index (χ3n) is 2.74. The van der Waals surface area contributed by atoms with Crippen LogP contribution in [0.4, 0.5) is 10.1 Å². The van der Waals surface area contributed by atoms with E-state index in [1.807, 2.05) is 6.07 Å². The molecular weight excluding hydrogens is 343 g/mol. The van der Waals surface area contributed by atoms with Gasteiger partial charge in [-0.25, -0.2) is 4.39 Å². The van der Waals surface area contributed by atoms with Crippen molar-refractivity contribution >= 4 is 21.6 Å². The highest BCUT2D eigenvalue weighted by Gasteiger charge is 2.17. The molecule has 0 amide bonds. The van der Waals surface area contributed by atoms with Gasteiger partial charge in [0.15, 0.2) is 11.6 Å². The van der Waals surface area contributed by atoms with Crippen LogP contribution in [0.2, 0.25) is 0 Å². The Bertz CT molecular complexity index is 772. The van der Waals surface area contributed by atoms with Gasteiger partial charge < -0.3 is 4.74 Å². The molecule has 0 N–H and O–H groups in total. The molecule has 0 aliphatic carbocycles. The van der Waals surface area contributed by atoms with Gasteiger partial charge >= 0.3 is 0 Å². The van der Waals surface area contributed by atoms with E-state index in [-0.39, 0.29) is 11.4 Å². The Kier molecular flexibility index (Phi) is 4.19. The number of halogens is 2. The lowest BCUT2D eigenvalue weighted by Crippen LogP contribution is -1.96. The summed E-state index contributed by atoms with van der Waals surface area (Å²) in [5.74, 6) is -0.629. The van der Waals surface area contributed by atoms with Crippen molar-refractivity contribution in [2.24, 2.45) is 0 Å². The standard InChI is InChI=1S/C14H8BrFN2O3/c1-8-4-14(12(16)6-13(8)18(19)20)21-10-3-2-9(7-17)11(15)5-10/h2-6H,1H3. The first kappa shape index (κ1) is 14.9. The quantitative estimate of drug-likeness (QED) is 0.604. The van der Waals surface area contributed by atoms with Gasteiger partial charge in [0.1, 0.15) is 11.8 Å². The Morgan fingerprint density at radius 3 is 2.67 bits per heavy atom. The van der Waals surface area contributed by atoms with Crippen molar-refractivity contribution < 1.29 is 14.1 Å². The number of benzene rings is 2. The number of ether oxygens (including phenoxy) is 1. The Balaban J connectivity index is 2.36. The van der Waals surface area contributed by atoms with Crippen LogP contribution in [0.5, 0.6) is 11.5 Å². The molecule has 5 nitrogen and oxygen atoms in total. The minimum atomic E-state index is -0.826. The lowest BCUT2D eigenvalue weighted by atomic mass is 10.2. The number of hydrogen-bond donors (Lipinski definition) is 0. The maximum atomic E-state index is 13.8. The van der Waals surface area contributed by atoms with Crippen LogP contribution < -0.4 is 4.74 Å². The number of nitriles is 1. The molecule has 0 aliphatic rings. The van der Waals surface area contributed by atoms with E-state index in [4.69, 9.17) is 10.00 Å². The largest absolute Gasteiger partial charge is 0.454 e. The molecule has 2 aromatic rings. The molecule has 2 aromatic carbocycles. The van der Waals surface area contributed by atoms with Crippen LogP contribution in [0.3, 0.4) is 0 Å². The van der Waals surface area contributed by atoms with Crippen molar-refractivity contribution in [3.63, 3.8) is 0 Å². The number of rotatable bonds is 3. The third kappa shape index (κ3) is 3.17. The summed E-state index contributed by atoms with van der Waals surface area (Å²) in [7, 11) is 0. The molecule has 0 bridgehead atoms. The lowest BCUT2D eigenvalue weighted by Gasteiger charge is -2.09. The molecule has 0 unspecified atom stereocenters. The summed E-state index contributed by atoms with van der Waals surface area (Å²) in [6.07, 6.45) is 0. The van der Waals surface area contributed by atoms with Crippen molar-refractivity contribution in [3.8, 4) is 17.6 Å². The van der Waals surface area contributed by atoms with E-state index in [1.54, 1.807) is 0 Å². The zero-order valence-electron chi connectivity index (χ0n) is 10.8. The molecule has 106 valence electrons. The number of nitro benzene ring substituents is 1. The molecule has 0 spiro atoms. The lowest BCUT2D eigenvalue weighted by molar-refractivity contribution is -0.385. The van der Waals surface area contributed by atoms with E-state index >= 15 is 0 Å². The second-order valence-corrected chi connectivity index (χ2v) is 5.04. The van der Waals surface area contributed by atoms with Crippen LogP contribution in [-0.4, -0.2) is 4.92 Å². The number of nitro groups is 1. The van der Waals surface area contributed by atoms with Crippen molar-refractivity contribution in [1.82, 2.24) is 0 Å². The molecule has 0 saturated carbocycles. The van der Waals surface area contributed by atoms with E-state index < -0.39 is 10.7 Å². The first-order valence-electron chi connectivity index (χ1n) is 5.74. The molecular formula is C14H8BrFN2O3. The van der Waals surface area contributed by atoms with E-state index in [1.165, 1.54) is 31.2 Å². The number of nitrogens with zero attached hydrogens (tertiary/aromatic N) is 2. The highest BCUT2D eigenvalue weighted by atomic mass is 79.9. The Hall–Kier alpha value is -2.46. The topological polar surface area (TPSA) is 76.2 Å². The number of hydrogen-bond acceptors (Lipinski definition) is 4. The Morgan fingerprint density at radius 1 is 1.38 bits per heavy atom. The van der Waals surface area contributed by atoms with Crippen molar-refractivity contribution in [2.45, 2.75) is 6.92 Å². The summed E-state index contributed by atoms with van der Waals surface area (Å²) in [6, 6.07) is 8.62.